The molecule has 1 aliphatic heterocycles. The molecule has 1 N–H and O–H groups in total. The van der Waals surface area contributed by atoms with Crippen LogP contribution in [0.5, 0.6) is 5.75 Å². The van der Waals surface area contributed by atoms with Crippen LogP contribution in [0.2, 0.25) is 0 Å². The van der Waals surface area contributed by atoms with Crippen molar-refractivity contribution in [2.45, 2.75) is 6.92 Å². The largest absolute Gasteiger partial charge is 0.508 e. The monoisotopic (exact) mass is 373 g/mol. The van der Waals surface area contributed by atoms with Crippen molar-refractivity contribution in [2.75, 3.05) is 36.0 Å². The second-order valence-electron chi connectivity index (χ2n) is 6.42. The zero-order valence-electron chi connectivity index (χ0n) is 14.5. The lowest BCUT2D eigenvalue weighted by molar-refractivity contribution is 0.476. The van der Waals surface area contributed by atoms with Crippen LogP contribution >= 0.6 is 12.4 Å². The van der Waals surface area contributed by atoms with Gasteiger partial charge in [-0.1, -0.05) is 12.1 Å². The molecule has 0 bridgehead atoms. The van der Waals surface area contributed by atoms with E-state index in [1.165, 1.54) is 6.07 Å². The minimum absolute atomic E-state index is 0. The van der Waals surface area contributed by atoms with Gasteiger partial charge in [0.05, 0.1) is 11.2 Å². The van der Waals surface area contributed by atoms with Crippen LogP contribution in [0.3, 0.4) is 0 Å². The predicted molar refractivity (Wildman–Crippen MR) is 106 cm³/mol. The molecule has 0 atom stereocenters. The first kappa shape index (κ1) is 18.3. The van der Waals surface area contributed by atoms with Gasteiger partial charge >= 0.3 is 0 Å². The zero-order valence-corrected chi connectivity index (χ0v) is 15.3. The van der Waals surface area contributed by atoms with E-state index < -0.39 is 0 Å². The molecule has 1 aromatic heterocycles. The first-order valence-corrected chi connectivity index (χ1v) is 8.46. The molecule has 4 rings (SSSR count). The van der Waals surface area contributed by atoms with Crippen LogP contribution in [0.25, 0.3) is 10.9 Å². The Morgan fingerprint density at radius 1 is 0.962 bits per heavy atom. The second kappa shape index (κ2) is 7.38. The summed E-state index contributed by atoms with van der Waals surface area (Å²) in [5.41, 5.74) is 2.60. The maximum absolute atomic E-state index is 14.0. The van der Waals surface area contributed by atoms with Crippen molar-refractivity contribution < 1.29 is 9.50 Å². The van der Waals surface area contributed by atoms with E-state index in [0.29, 0.717) is 5.69 Å². The highest BCUT2D eigenvalue weighted by molar-refractivity contribution is 5.85. The molecule has 2 aromatic carbocycles. The fourth-order valence-electron chi connectivity index (χ4n) is 3.42. The van der Waals surface area contributed by atoms with Crippen LogP contribution in [0.15, 0.2) is 48.5 Å². The van der Waals surface area contributed by atoms with Crippen molar-refractivity contribution in [3.8, 4) is 5.75 Å². The molecule has 0 aliphatic carbocycles. The predicted octanol–water partition coefficient (Wildman–Crippen LogP) is 4.14. The lowest BCUT2D eigenvalue weighted by atomic mass is 10.1. The van der Waals surface area contributed by atoms with Gasteiger partial charge in [0, 0.05) is 37.6 Å². The van der Waals surface area contributed by atoms with E-state index in [-0.39, 0.29) is 24.0 Å². The van der Waals surface area contributed by atoms with E-state index >= 15 is 0 Å². The van der Waals surface area contributed by atoms with E-state index in [4.69, 9.17) is 4.98 Å². The van der Waals surface area contributed by atoms with Crippen molar-refractivity contribution >= 4 is 34.8 Å². The normalized spacial score (nSPS) is 14.4. The van der Waals surface area contributed by atoms with Gasteiger partial charge in [0.2, 0.25) is 0 Å². The third kappa shape index (κ3) is 3.40. The average Bonchev–Trinajstić information content (AvgIpc) is 2.62. The summed E-state index contributed by atoms with van der Waals surface area (Å²) in [6.45, 7) is 5.12. The number of benzene rings is 2. The summed E-state index contributed by atoms with van der Waals surface area (Å²) in [6.07, 6.45) is 0. The SMILES string of the molecule is Cc1cc(N2CCN(c3ccccc3F)CC2)nc2cc(O)ccc12.Cl. The minimum atomic E-state index is -0.175. The number of phenols is 1. The quantitative estimate of drug-likeness (QED) is 0.733. The molecule has 1 saturated heterocycles. The number of anilines is 2. The van der Waals surface area contributed by atoms with Crippen LogP contribution in [0.1, 0.15) is 5.56 Å². The van der Waals surface area contributed by atoms with Gasteiger partial charge in [0.15, 0.2) is 0 Å². The molecule has 2 heterocycles. The number of nitrogens with zero attached hydrogens (tertiary/aromatic N) is 3. The third-order valence-corrected chi connectivity index (χ3v) is 4.78. The number of fused-ring (bicyclic) bond motifs is 1. The Morgan fingerprint density at radius 2 is 1.65 bits per heavy atom. The summed E-state index contributed by atoms with van der Waals surface area (Å²) in [5.74, 6) is 0.954. The highest BCUT2D eigenvalue weighted by atomic mass is 35.5. The Labute approximate surface area is 158 Å². The summed E-state index contributed by atoms with van der Waals surface area (Å²) in [5, 5.41) is 10.8. The van der Waals surface area contributed by atoms with E-state index in [0.717, 1.165) is 48.5 Å². The van der Waals surface area contributed by atoms with Gasteiger partial charge in [0.1, 0.15) is 17.4 Å². The summed E-state index contributed by atoms with van der Waals surface area (Å²) in [7, 11) is 0. The number of aromatic hydroxyl groups is 1. The number of pyridine rings is 1. The lowest BCUT2D eigenvalue weighted by Gasteiger charge is -2.37. The van der Waals surface area contributed by atoms with Gasteiger partial charge in [-0.15, -0.1) is 12.4 Å². The Kier molecular flexibility index (Phi) is 5.18. The molecule has 0 radical (unpaired) electrons. The Bertz CT molecular complexity index is 926. The van der Waals surface area contributed by atoms with Crippen LogP contribution < -0.4 is 9.80 Å². The lowest BCUT2D eigenvalue weighted by Crippen LogP contribution is -2.47. The van der Waals surface area contributed by atoms with E-state index in [1.807, 2.05) is 18.2 Å². The number of hydrogen-bond donors (Lipinski definition) is 1. The number of halogens is 2. The summed E-state index contributed by atoms with van der Waals surface area (Å²) in [4.78, 5) is 9.00. The molecule has 0 amide bonds. The number of aromatic nitrogens is 1. The number of para-hydroxylation sites is 1. The molecule has 1 fully saturated rings. The van der Waals surface area contributed by atoms with Crippen LogP contribution in [0.4, 0.5) is 15.9 Å². The highest BCUT2D eigenvalue weighted by Gasteiger charge is 2.20. The summed E-state index contributed by atoms with van der Waals surface area (Å²) in [6, 6.07) is 14.3. The maximum Gasteiger partial charge on any atom is 0.146 e. The number of aryl methyl sites for hydroxylation is 1. The summed E-state index contributed by atoms with van der Waals surface area (Å²) >= 11 is 0. The third-order valence-electron chi connectivity index (χ3n) is 4.78. The standard InChI is InChI=1S/C20H20FN3O.ClH/c1-14-12-20(22-18-13-15(25)6-7-16(14)18)24-10-8-23(9-11-24)19-5-3-2-4-17(19)21;/h2-7,12-13,25H,8-11H2,1H3;1H. The van der Waals surface area contributed by atoms with Gasteiger partial charge in [-0.25, -0.2) is 9.37 Å². The number of piperazine rings is 1. The van der Waals surface area contributed by atoms with E-state index in [1.54, 1.807) is 18.2 Å². The molecule has 0 spiro atoms. The topological polar surface area (TPSA) is 39.6 Å². The van der Waals surface area contributed by atoms with E-state index in [9.17, 15) is 9.50 Å². The van der Waals surface area contributed by atoms with Gasteiger partial charge < -0.3 is 14.9 Å². The number of rotatable bonds is 2. The molecule has 136 valence electrons. The molecule has 6 heteroatoms. The first-order valence-electron chi connectivity index (χ1n) is 8.46. The minimum Gasteiger partial charge on any atom is -0.508 e. The van der Waals surface area contributed by atoms with Crippen LogP contribution in [0, 0.1) is 12.7 Å². The average molecular weight is 374 g/mol. The van der Waals surface area contributed by atoms with Crippen LogP contribution in [-0.4, -0.2) is 36.3 Å². The van der Waals surface area contributed by atoms with Crippen molar-refractivity contribution in [2.24, 2.45) is 0 Å². The van der Waals surface area contributed by atoms with Crippen LogP contribution in [-0.2, 0) is 0 Å². The van der Waals surface area contributed by atoms with Crippen molar-refractivity contribution in [3.05, 3.63) is 59.9 Å². The molecular weight excluding hydrogens is 353 g/mol. The second-order valence-corrected chi connectivity index (χ2v) is 6.42. The fraction of sp³-hybridized carbons (Fsp3) is 0.250. The van der Waals surface area contributed by atoms with Gasteiger partial charge in [0.25, 0.3) is 0 Å². The maximum atomic E-state index is 14.0. The summed E-state index contributed by atoms with van der Waals surface area (Å²) < 4.78 is 14.0. The van der Waals surface area contributed by atoms with Gasteiger partial charge in [-0.3, -0.25) is 0 Å². The molecule has 26 heavy (non-hydrogen) atoms. The Balaban J connectivity index is 0.00000196. The highest BCUT2D eigenvalue weighted by Crippen LogP contribution is 2.27. The number of hydrogen-bond acceptors (Lipinski definition) is 4. The Morgan fingerprint density at radius 3 is 2.38 bits per heavy atom. The molecular formula is C20H21ClFN3O. The van der Waals surface area contributed by atoms with Gasteiger partial charge in [-0.2, -0.15) is 0 Å². The van der Waals surface area contributed by atoms with Gasteiger partial charge in [-0.05, 0) is 42.8 Å². The van der Waals surface area contributed by atoms with E-state index in [2.05, 4.69) is 22.8 Å². The first-order chi connectivity index (χ1) is 12.1. The zero-order chi connectivity index (χ0) is 17.4. The molecule has 0 unspecified atom stereocenters. The molecule has 1 aliphatic rings. The van der Waals surface area contributed by atoms with Crippen molar-refractivity contribution in [3.63, 3.8) is 0 Å². The fourth-order valence-corrected chi connectivity index (χ4v) is 3.42. The molecule has 0 saturated carbocycles. The van der Waals surface area contributed by atoms with Crippen molar-refractivity contribution in [1.82, 2.24) is 4.98 Å². The smallest absolute Gasteiger partial charge is 0.146 e. The molecule has 4 nitrogen and oxygen atoms in total. The van der Waals surface area contributed by atoms with Crippen molar-refractivity contribution in [1.29, 1.82) is 0 Å². The Hall–Kier alpha value is -2.53. The molecule has 3 aromatic rings. The number of phenolic OH excluding ortho intramolecular Hbond substituents is 1.